The van der Waals surface area contributed by atoms with Gasteiger partial charge in [-0.3, -0.25) is 14.9 Å². The third-order valence-electron chi connectivity index (χ3n) is 3.87. The van der Waals surface area contributed by atoms with Gasteiger partial charge in [0.2, 0.25) is 0 Å². The summed E-state index contributed by atoms with van der Waals surface area (Å²) in [5.41, 5.74) is 4.25. The fourth-order valence-corrected chi connectivity index (χ4v) is 2.30. The van der Waals surface area contributed by atoms with Gasteiger partial charge in [0.05, 0.1) is 6.04 Å². The first-order chi connectivity index (χ1) is 11.6. The summed E-state index contributed by atoms with van der Waals surface area (Å²) >= 11 is 0. The van der Waals surface area contributed by atoms with Crippen molar-refractivity contribution >= 4 is 11.9 Å². The molecule has 7 heteroatoms. The Hall–Kier alpha value is -1.96. The Morgan fingerprint density at radius 1 is 1.23 bits per heavy atom. The number of ether oxygens (including phenoxy) is 1. The molecular weight excluding hydrogens is 334 g/mol. The van der Waals surface area contributed by atoms with Gasteiger partial charge in [-0.2, -0.15) is 0 Å². The Labute approximate surface area is 156 Å². The van der Waals surface area contributed by atoms with Crippen LogP contribution in [0.1, 0.15) is 40.2 Å². The molecule has 0 bridgehead atoms. The molecule has 6 N–H and O–H groups in total. The number of amides is 1. The predicted octanol–water partition coefficient (Wildman–Crippen LogP) is 0.435. The van der Waals surface area contributed by atoms with E-state index in [9.17, 15) is 14.7 Å². The number of aliphatic hydroxyl groups is 1. The van der Waals surface area contributed by atoms with Crippen LogP contribution in [0.2, 0.25) is 0 Å². The van der Waals surface area contributed by atoms with E-state index in [2.05, 4.69) is 16.4 Å². The largest absolute Gasteiger partial charge is 0.461 e. The lowest BCUT2D eigenvalue weighted by Crippen LogP contribution is -2.70. The fourth-order valence-electron chi connectivity index (χ4n) is 2.30. The fraction of sp³-hybridized carbons (Fsp3) is 0.579. The summed E-state index contributed by atoms with van der Waals surface area (Å²) in [5.74, 6) is -0.883. The average Bonchev–Trinajstić information content (AvgIpc) is 2.56. The van der Waals surface area contributed by atoms with Crippen molar-refractivity contribution in [3.05, 3.63) is 35.9 Å². The lowest BCUT2D eigenvalue weighted by Gasteiger charge is -2.35. The number of carbonyl (C=O) groups is 2. The topological polar surface area (TPSA) is 115 Å². The highest BCUT2D eigenvalue weighted by Gasteiger charge is 2.34. The van der Waals surface area contributed by atoms with Gasteiger partial charge in [0.25, 0.3) is 5.91 Å². The van der Waals surface area contributed by atoms with E-state index in [1.165, 1.54) is 0 Å². The quantitative estimate of drug-likeness (QED) is 0.392. The van der Waals surface area contributed by atoms with Crippen LogP contribution < -0.4 is 16.4 Å². The van der Waals surface area contributed by atoms with E-state index in [0.717, 1.165) is 5.56 Å². The van der Waals surface area contributed by atoms with Crippen molar-refractivity contribution in [3.8, 4) is 0 Å². The molecule has 0 fully saturated rings. The van der Waals surface area contributed by atoms with Gasteiger partial charge in [0, 0.05) is 0 Å². The molecule has 0 radical (unpaired) electrons. The van der Waals surface area contributed by atoms with E-state index in [-0.39, 0.29) is 25.9 Å². The first-order valence-electron chi connectivity index (χ1n) is 8.33. The molecule has 0 saturated heterocycles. The number of quaternary nitrogens is 1. The molecule has 1 aromatic carbocycles. The summed E-state index contributed by atoms with van der Waals surface area (Å²) in [7, 11) is 1.61. The second kappa shape index (κ2) is 10.9. The molecule has 0 aliphatic carbocycles. The lowest BCUT2D eigenvalue weighted by atomic mass is 9.85. The van der Waals surface area contributed by atoms with Gasteiger partial charge < -0.3 is 20.9 Å². The molecule has 0 spiro atoms. The van der Waals surface area contributed by atoms with Crippen molar-refractivity contribution in [2.75, 3.05) is 7.05 Å². The molecule has 0 aromatic heterocycles. The normalized spacial score (nSPS) is 14.5. The Morgan fingerprint density at radius 2 is 1.81 bits per heavy atom. The molecule has 0 aliphatic heterocycles. The molecule has 0 aliphatic rings. The zero-order chi connectivity index (χ0) is 19.0. The van der Waals surface area contributed by atoms with E-state index in [1.807, 2.05) is 51.1 Å². The molecule has 2 unspecified atom stereocenters. The van der Waals surface area contributed by atoms with Gasteiger partial charge in [-0.25, -0.2) is 0 Å². The van der Waals surface area contributed by atoms with Crippen LogP contribution in [0.25, 0.3) is 0 Å². The molecule has 7 nitrogen and oxygen atoms in total. The highest BCUT2D eigenvalue weighted by Crippen LogP contribution is 2.21. The van der Waals surface area contributed by atoms with E-state index < -0.39 is 30.2 Å². The molecule has 0 saturated carbocycles. The maximum atomic E-state index is 12.3. The van der Waals surface area contributed by atoms with Crippen LogP contribution in [0.3, 0.4) is 0 Å². The number of aliphatic hydroxyl groups excluding tert-OH is 1. The van der Waals surface area contributed by atoms with Gasteiger partial charge in [-0.05, 0) is 18.0 Å². The second-order valence-electron chi connectivity index (χ2n) is 7.13. The molecule has 1 aromatic rings. The van der Waals surface area contributed by atoms with E-state index in [4.69, 9.17) is 4.74 Å². The highest BCUT2D eigenvalue weighted by atomic mass is 16.5. The molecule has 1 rings (SSSR count). The Balaban J connectivity index is 0.00000625. The van der Waals surface area contributed by atoms with Crippen LogP contribution in [-0.2, 0) is 20.9 Å². The van der Waals surface area contributed by atoms with Crippen molar-refractivity contribution in [1.29, 1.82) is 0 Å². The Kier molecular flexibility index (Phi) is 10.1. The SMILES string of the molecule is C.CNC(O)[C@@H](NC(=O)C([NH3+])CC(=O)OCc1ccccc1)C(C)(C)C. The minimum Gasteiger partial charge on any atom is -0.461 e. The number of hydrogen-bond acceptors (Lipinski definition) is 5. The number of nitrogens with one attached hydrogen (secondary N) is 2. The van der Waals surface area contributed by atoms with Gasteiger partial charge >= 0.3 is 5.97 Å². The van der Waals surface area contributed by atoms with Crippen LogP contribution in [0, 0.1) is 5.41 Å². The summed E-state index contributed by atoms with van der Waals surface area (Å²) in [6.45, 7) is 5.89. The van der Waals surface area contributed by atoms with Crippen LogP contribution in [0.4, 0.5) is 0 Å². The number of esters is 1. The van der Waals surface area contributed by atoms with E-state index in [1.54, 1.807) is 7.05 Å². The maximum Gasteiger partial charge on any atom is 0.312 e. The van der Waals surface area contributed by atoms with Gasteiger partial charge in [-0.1, -0.05) is 58.5 Å². The van der Waals surface area contributed by atoms with Gasteiger partial charge in [0.1, 0.15) is 19.3 Å². The number of hydrogen-bond donors (Lipinski definition) is 4. The smallest absolute Gasteiger partial charge is 0.312 e. The summed E-state index contributed by atoms with van der Waals surface area (Å²) in [6, 6.07) is 8.00. The molecule has 148 valence electrons. The number of benzene rings is 1. The Bertz CT molecular complexity index is 558. The van der Waals surface area contributed by atoms with Crippen molar-refractivity contribution < 1.29 is 25.2 Å². The first-order valence-corrected chi connectivity index (χ1v) is 8.33. The van der Waals surface area contributed by atoms with Crippen LogP contribution in [-0.4, -0.2) is 42.3 Å². The molecule has 1 amide bonds. The first kappa shape index (κ1) is 24.0. The molecule has 26 heavy (non-hydrogen) atoms. The van der Waals surface area contributed by atoms with Gasteiger partial charge in [-0.15, -0.1) is 0 Å². The highest BCUT2D eigenvalue weighted by molar-refractivity contribution is 5.85. The van der Waals surface area contributed by atoms with E-state index >= 15 is 0 Å². The third-order valence-corrected chi connectivity index (χ3v) is 3.87. The standard InChI is InChI=1S/C18H29N3O4.CH4/c1-18(2,3)15(17(24)20-4)21-16(23)13(19)10-14(22)25-11-12-8-6-5-7-9-12;/h5-9,13,15,17,20,24H,10-11,19H2,1-4H3,(H,21,23);1H4/p+1/t13?,15-,17?;/m1./s1. The Morgan fingerprint density at radius 3 is 2.31 bits per heavy atom. The van der Waals surface area contributed by atoms with Crippen molar-refractivity contribution in [3.63, 3.8) is 0 Å². The minimum absolute atomic E-state index is 0. The lowest BCUT2D eigenvalue weighted by molar-refractivity contribution is -0.403. The summed E-state index contributed by atoms with van der Waals surface area (Å²) in [6.07, 6.45) is -1.02. The third kappa shape index (κ3) is 7.95. The number of carbonyl (C=O) groups excluding carboxylic acids is 2. The van der Waals surface area contributed by atoms with Crippen molar-refractivity contribution in [2.24, 2.45) is 5.41 Å². The number of likely N-dealkylation sites (N-methyl/N-ethyl adjacent to an activating group) is 1. The molecule has 3 atom stereocenters. The second-order valence-corrected chi connectivity index (χ2v) is 7.13. The summed E-state index contributed by atoms with van der Waals surface area (Å²) in [4.78, 5) is 24.2. The number of rotatable bonds is 8. The van der Waals surface area contributed by atoms with Crippen LogP contribution in [0.5, 0.6) is 0 Å². The maximum absolute atomic E-state index is 12.3. The van der Waals surface area contributed by atoms with Crippen LogP contribution >= 0.6 is 0 Å². The molecular formula is C19H34N3O4+. The van der Waals surface area contributed by atoms with Crippen LogP contribution in [0.15, 0.2) is 30.3 Å². The van der Waals surface area contributed by atoms with Crippen molar-refractivity contribution in [1.82, 2.24) is 10.6 Å². The molecule has 0 heterocycles. The summed E-state index contributed by atoms with van der Waals surface area (Å²) in [5, 5.41) is 15.5. The predicted molar refractivity (Wildman–Crippen MR) is 101 cm³/mol. The van der Waals surface area contributed by atoms with Crippen molar-refractivity contribution in [2.45, 2.75) is 59.5 Å². The summed E-state index contributed by atoms with van der Waals surface area (Å²) < 4.78 is 5.17. The van der Waals surface area contributed by atoms with E-state index in [0.29, 0.717) is 0 Å². The zero-order valence-electron chi connectivity index (χ0n) is 15.4. The minimum atomic E-state index is -0.902. The monoisotopic (exact) mass is 368 g/mol. The zero-order valence-corrected chi connectivity index (χ0v) is 15.4. The van der Waals surface area contributed by atoms with Gasteiger partial charge in [0.15, 0.2) is 6.04 Å². The average molecular weight is 368 g/mol.